The van der Waals surface area contributed by atoms with Gasteiger partial charge in [-0.25, -0.2) is 0 Å². The van der Waals surface area contributed by atoms with E-state index in [0.717, 1.165) is 12.8 Å². The monoisotopic (exact) mass is 93.1 g/mol. The molecule has 0 aliphatic carbocycles. The van der Waals surface area contributed by atoms with Crippen LogP contribution < -0.4 is 5.32 Å². The topological polar surface area (TPSA) is 12.0 Å². The Hall–Kier alpha value is -0.395. The van der Waals surface area contributed by atoms with Gasteiger partial charge in [0.2, 0.25) is 0 Å². The molecular formula is C5H8BN. The van der Waals surface area contributed by atoms with Gasteiger partial charge in [-0.3, -0.25) is 0 Å². The van der Waals surface area contributed by atoms with Gasteiger partial charge in [-0.1, -0.05) is 6.08 Å². The molecule has 0 fully saturated rings. The minimum atomic E-state index is 0.199. The SMILES string of the molecule is [B]C1CCC=CN1. The van der Waals surface area contributed by atoms with E-state index in [1.54, 1.807) is 0 Å². The maximum absolute atomic E-state index is 5.47. The van der Waals surface area contributed by atoms with Gasteiger partial charge in [0.05, 0.1) is 7.85 Å². The summed E-state index contributed by atoms with van der Waals surface area (Å²) in [7, 11) is 5.47. The van der Waals surface area contributed by atoms with Gasteiger partial charge in [-0.05, 0) is 25.0 Å². The first kappa shape index (κ1) is 4.76. The molecule has 0 aromatic rings. The lowest BCUT2D eigenvalue weighted by Crippen LogP contribution is -2.26. The second-order valence-corrected chi connectivity index (χ2v) is 1.75. The van der Waals surface area contributed by atoms with Crippen molar-refractivity contribution in [2.45, 2.75) is 18.8 Å². The number of nitrogens with one attached hydrogen (secondary N) is 1. The quantitative estimate of drug-likeness (QED) is 0.427. The van der Waals surface area contributed by atoms with E-state index in [1.165, 1.54) is 0 Å². The predicted molar refractivity (Wildman–Crippen MR) is 31.1 cm³/mol. The fourth-order valence-corrected chi connectivity index (χ4v) is 0.634. The van der Waals surface area contributed by atoms with Crippen molar-refractivity contribution in [3.8, 4) is 0 Å². The molecule has 0 bridgehead atoms. The molecule has 0 amide bonds. The van der Waals surface area contributed by atoms with Crippen LogP contribution in [0.15, 0.2) is 12.3 Å². The number of allylic oxidation sites excluding steroid dienone is 1. The maximum atomic E-state index is 5.47. The average molecular weight is 92.9 g/mol. The molecule has 1 nitrogen and oxygen atoms in total. The predicted octanol–water partition coefficient (Wildman–Crippen LogP) is 0.378. The molecule has 1 rings (SSSR count). The van der Waals surface area contributed by atoms with Crippen molar-refractivity contribution in [2.24, 2.45) is 0 Å². The van der Waals surface area contributed by atoms with Crippen LogP contribution >= 0.6 is 0 Å². The van der Waals surface area contributed by atoms with Crippen LogP contribution in [-0.2, 0) is 0 Å². The van der Waals surface area contributed by atoms with Crippen LogP contribution in [0, 0.1) is 0 Å². The summed E-state index contributed by atoms with van der Waals surface area (Å²) in [4.78, 5) is 0. The lowest BCUT2D eigenvalue weighted by atomic mass is 9.90. The zero-order valence-corrected chi connectivity index (χ0v) is 4.22. The summed E-state index contributed by atoms with van der Waals surface area (Å²) in [6.07, 6.45) is 6.18. The van der Waals surface area contributed by atoms with Crippen molar-refractivity contribution in [3.05, 3.63) is 12.3 Å². The molecule has 2 radical (unpaired) electrons. The lowest BCUT2D eigenvalue weighted by molar-refractivity contribution is 0.670. The Labute approximate surface area is 45.2 Å². The van der Waals surface area contributed by atoms with Gasteiger partial charge in [-0.15, -0.1) is 0 Å². The summed E-state index contributed by atoms with van der Waals surface area (Å²) in [5, 5.41) is 2.98. The molecule has 1 aliphatic heterocycles. The molecule has 7 heavy (non-hydrogen) atoms. The van der Waals surface area contributed by atoms with Crippen molar-refractivity contribution < 1.29 is 0 Å². The molecule has 0 aromatic carbocycles. The molecule has 2 heteroatoms. The van der Waals surface area contributed by atoms with Crippen molar-refractivity contribution in [1.82, 2.24) is 5.32 Å². The van der Waals surface area contributed by atoms with E-state index in [1.807, 2.05) is 6.20 Å². The van der Waals surface area contributed by atoms with Crippen molar-refractivity contribution in [1.29, 1.82) is 0 Å². The zero-order valence-electron chi connectivity index (χ0n) is 4.22. The highest BCUT2D eigenvalue weighted by Gasteiger charge is 1.98. The Kier molecular flexibility index (Phi) is 1.40. The summed E-state index contributed by atoms with van der Waals surface area (Å²) in [5.41, 5.74) is 0. The first-order valence-electron chi connectivity index (χ1n) is 2.56. The molecule has 0 spiro atoms. The fraction of sp³-hybridized carbons (Fsp3) is 0.600. The van der Waals surface area contributed by atoms with E-state index in [9.17, 15) is 0 Å². The summed E-state index contributed by atoms with van der Waals surface area (Å²) in [6.45, 7) is 0. The fourth-order valence-electron chi connectivity index (χ4n) is 0.634. The zero-order chi connectivity index (χ0) is 5.11. The van der Waals surface area contributed by atoms with Gasteiger partial charge in [0, 0.05) is 0 Å². The van der Waals surface area contributed by atoms with E-state index >= 15 is 0 Å². The lowest BCUT2D eigenvalue weighted by Gasteiger charge is -2.14. The van der Waals surface area contributed by atoms with Crippen LogP contribution in [0.5, 0.6) is 0 Å². The Balaban J connectivity index is 2.32. The molecule has 1 heterocycles. The molecule has 36 valence electrons. The first-order chi connectivity index (χ1) is 3.39. The van der Waals surface area contributed by atoms with E-state index in [2.05, 4.69) is 11.4 Å². The molecular weight excluding hydrogens is 84.9 g/mol. The third-order valence-corrected chi connectivity index (χ3v) is 1.07. The molecule has 0 saturated carbocycles. The second kappa shape index (κ2) is 2.06. The Bertz CT molecular complexity index is 80.1. The first-order valence-corrected chi connectivity index (χ1v) is 2.56. The average Bonchev–Trinajstić information content (AvgIpc) is 1.69. The molecule has 1 aliphatic rings. The standard InChI is InChI=1S/C5H8BN/c6-5-3-1-2-4-7-5/h2,4-5,7H,1,3H2. The second-order valence-electron chi connectivity index (χ2n) is 1.75. The van der Waals surface area contributed by atoms with Crippen LogP contribution in [-0.4, -0.2) is 13.8 Å². The summed E-state index contributed by atoms with van der Waals surface area (Å²) in [5.74, 6) is 0.199. The van der Waals surface area contributed by atoms with Crippen molar-refractivity contribution in [2.75, 3.05) is 0 Å². The van der Waals surface area contributed by atoms with E-state index < -0.39 is 0 Å². The number of hydrogen-bond donors (Lipinski definition) is 1. The number of rotatable bonds is 0. The smallest absolute Gasteiger partial charge is 0.0986 e. The van der Waals surface area contributed by atoms with E-state index in [-0.39, 0.29) is 5.94 Å². The van der Waals surface area contributed by atoms with Crippen LogP contribution in [0.4, 0.5) is 0 Å². The minimum absolute atomic E-state index is 0.199. The van der Waals surface area contributed by atoms with Gasteiger partial charge in [0.1, 0.15) is 0 Å². The molecule has 1 unspecified atom stereocenters. The highest BCUT2D eigenvalue weighted by Crippen LogP contribution is 1.98. The van der Waals surface area contributed by atoms with Gasteiger partial charge < -0.3 is 5.32 Å². The van der Waals surface area contributed by atoms with Crippen LogP contribution in [0.3, 0.4) is 0 Å². The highest BCUT2D eigenvalue weighted by molar-refractivity contribution is 6.11. The van der Waals surface area contributed by atoms with Gasteiger partial charge >= 0.3 is 0 Å². The van der Waals surface area contributed by atoms with Gasteiger partial charge in [0.15, 0.2) is 0 Å². The van der Waals surface area contributed by atoms with E-state index in [0.29, 0.717) is 0 Å². The van der Waals surface area contributed by atoms with Crippen molar-refractivity contribution in [3.63, 3.8) is 0 Å². The van der Waals surface area contributed by atoms with Crippen molar-refractivity contribution >= 4 is 7.85 Å². The molecule has 0 saturated heterocycles. The molecule has 0 aromatic heterocycles. The molecule has 1 atom stereocenters. The molecule has 1 N–H and O–H groups in total. The van der Waals surface area contributed by atoms with Gasteiger partial charge in [-0.2, -0.15) is 0 Å². The summed E-state index contributed by atoms with van der Waals surface area (Å²) < 4.78 is 0. The Morgan fingerprint density at radius 2 is 2.57 bits per heavy atom. The van der Waals surface area contributed by atoms with E-state index in [4.69, 9.17) is 7.85 Å². The summed E-state index contributed by atoms with van der Waals surface area (Å²) in [6, 6.07) is 0. The number of hydrogen-bond acceptors (Lipinski definition) is 1. The van der Waals surface area contributed by atoms with Crippen LogP contribution in [0.1, 0.15) is 12.8 Å². The normalized spacial score (nSPS) is 29.4. The Morgan fingerprint density at radius 3 is 2.86 bits per heavy atom. The Morgan fingerprint density at radius 1 is 1.71 bits per heavy atom. The van der Waals surface area contributed by atoms with Crippen LogP contribution in [0.2, 0.25) is 0 Å². The minimum Gasteiger partial charge on any atom is -0.397 e. The van der Waals surface area contributed by atoms with Crippen LogP contribution in [0.25, 0.3) is 0 Å². The highest BCUT2D eigenvalue weighted by atomic mass is 14.9. The third kappa shape index (κ3) is 1.26. The summed E-state index contributed by atoms with van der Waals surface area (Å²) >= 11 is 0. The van der Waals surface area contributed by atoms with Gasteiger partial charge in [0.25, 0.3) is 0 Å². The third-order valence-electron chi connectivity index (χ3n) is 1.07. The largest absolute Gasteiger partial charge is 0.397 e. The maximum Gasteiger partial charge on any atom is 0.0986 e.